The van der Waals surface area contributed by atoms with Gasteiger partial charge in [-0.05, 0) is 38.0 Å². The zero-order valence-electron chi connectivity index (χ0n) is 8.09. The van der Waals surface area contributed by atoms with Gasteiger partial charge in [0.25, 0.3) is 0 Å². The lowest BCUT2D eigenvalue weighted by Gasteiger charge is -2.22. The maximum atomic E-state index is 5.30. The van der Waals surface area contributed by atoms with Crippen molar-refractivity contribution in [3.63, 3.8) is 0 Å². The fourth-order valence-corrected chi connectivity index (χ4v) is 1.68. The summed E-state index contributed by atoms with van der Waals surface area (Å²) >= 11 is 0. The van der Waals surface area contributed by atoms with Crippen LogP contribution in [0, 0.1) is 5.92 Å². The monoisotopic (exact) mass is 182 g/mol. The van der Waals surface area contributed by atoms with E-state index < -0.39 is 0 Å². The van der Waals surface area contributed by atoms with Gasteiger partial charge >= 0.3 is 0 Å². The van der Waals surface area contributed by atoms with Crippen molar-refractivity contribution in [1.82, 2.24) is 5.43 Å². The van der Waals surface area contributed by atoms with Crippen LogP contribution in [0.4, 0.5) is 0 Å². The number of ether oxygens (including phenoxy) is 1. The van der Waals surface area contributed by atoms with Crippen LogP contribution in [0.25, 0.3) is 0 Å². The molecule has 0 unspecified atom stereocenters. The second-order valence-electron chi connectivity index (χ2n) is 3.95. The van der Waals surface area contributed by atoms with Gasteiger partial charge in [-0.1, -0.05) is 0 Å². The number of rotatable bonds is 3. The lowest BCUT2D eigenvalue weighted by atomic mass is 9.98. The first-order valence-electron chi connectivity index (χ1n) is 5.31. The smallest absolute Gasteiger partial charge is 0.0469 e. The van der Waals surface area contributed by atoms with Gasteiger partial charge in [-0.3, -0.25) is 0 Å². The molecule has 0 amide bonds. The number of hydrazone groups is 1. The van der Waals surface area contributed by atoms with Crippen LogP contribution in [-0.2, 0) is 4.74 Å². The van der Waals surface area contributed by atoms with E-state index in [-0.39, 0.29) is 0 Å². The third kappa shape index (κ3) is 2.69. The maximum absolute atomic E-state index is 5.30. The Morgan fingerprint density at radius 3 is 2.69 bits per heavy atom. The summed E-state index contributed by atoms with van der Waals surface area (Å²) in [5, 5.41) is 4.35. The Hall–Kier alpha value is -0.570. The molecule has 1 aliphatic heterocycles. The first kappa shape index (κ1) is 9.00. The molecule has 1 aliphatic carbocycles. The van der Waals surface area contributed by atoms with E-state index in [4.69, 9.17) is 4.74 Å². The number of hydrogen-bond donors (Lipinski definition) is 1. The van der Waals surface area contributed by atoms with Crippen molar-refractivity contribution in [3.05, 3.63) is 0 Å². The van der Waals surface area contributed by atoms with Crippen molar-refractivity contribution < 1.29 is 4.74 Å². The molecule has 1 heterocycles. The Morgan fingerprint density at radius 1 is 1.31 bits per heavy atom. The number of nitrogens with one attached hydrogen (secondary N) is 1. The van der Waals surface area contributed by atoms with Crippen molar-refractivity contribution in [2.75, 3.05) is 19.8 Å². The lowest BCUT2D eigenvalue weighted by molar-refractivity contribution is 0.0664. The van der Waals surface area contributed by atoms with E-state index in [0.717, 1.165) is 25.7 Å². The summed E-state index contributed by atoms with van der Waals surface area (Å²) in [6.07, 6.45) is 6.13. The molecule has 3 nitrogen and oxygen atoms in total. The van der Waals surface area contributed by atoms with Crippen molar-refractivity contribution in [3.8, 4) is 0 Å². The number of nitrogens with zero attached hydrogens (tertiary/aromatic N) is 1. The second-order valence-corrected chi connectivity index (χ2v) is 3.95. The van der Waals surface area contributed by atoms with Crippen molar-refractivity contribution in [1.29, 1.82) is 0 Å². The van der Waals surface area contributed by atoms with Crippen LogP contribution < -0.4 is 5.43 Å². The van der Waals surface area contributed by atoms with Gasteiger partial charge in [0.2, 0.25) is 0 Å². The zero-order chi connectivity index (χ0) is 8.93. The second kappa shape index (κ2) is 4.61. The van der Waals surface area contributed by atoms with E-state index in [2.05, 4.69) is 10.5 Å². The molecule has 13 heavy (non-hydrogen) atoms. The van der Waals surface area contributed by atoms with Crippen molar-refractivity contribution in [2.45, 2.75) is 32.1 Å². The van der Waals surface area contributed by atoms with E-state index in [0.29, 0.717) is 0 Å². The Labute approximate surface area is 79.5 Å². The van der Waals surface area contributed by atoms with E-state index in [9.17, 15) is 0 Å². The minimum atomic E-state index is 0.776. The normalized spacial score (nSPS) is 23.8. The third-order valence-corrected chi connectivity index (χ3v) is 2.89. The fraction of sp³-hybridized carbons (Fsp3) is 0.900. The first-order valence-corrected chi connectivity index (χ1v) is 5.31. The van der Waals surface area contributed by atoms with Gasteiger partial charge in [0.05, 0.1) is 0 Å². The molecule has 74 valence electrons. The highest BCUT2D eigenvalue weighted by atomic mass is 16.5. The van der Waals surface area contributed by atoms with Crippen LogP contribution in [0.3, 0.4) is 0 Å². The average Bonchev–Trinajstić information content (AvgIpc) is 2.11. The summed E-state index contributed by atoms with van der Waals surface area (Å²) in [7, 11) is 0. The Bertz CT molecular complexity index is 179. The van der Waals surface area contributed by atoms with E-state index >= 15 is 0 Å². The van der Waals surface area contributed by atoms with Gasteiger partial charge in [0.1, 0.15) is 0 Å². The molecule has 3 heteroatoms. The van der Waals surface area contributed by atoms with Crippen LogP contribution in [0.5, 0.6) is 0 Å². The summed E-state index contributed by atoms with van der Waals surface area (Å²) in [6.45, 7) is 2.90. The van der Waals surface area contributed by atoms with Crippen molar-refractivity contribution >= 4 is 5.71 Å². The largest absolute Gasteiger partial charge is 0.381 e. The first-order chi connectivity index (χ1) is 6.45. The molecule has 1 saturated heterocycles. The predicted octanol–water partition coefficient (Wildman–Crippen LogP) is 1.54. The van der Waals surface area contributed by atoms with Gasteiger partial charge in [-0.15, -0.1) is 0 Å². The van der Waals surface area contributed by atoms with Crippen LogP contribution in [-0.4, -0.2) is 25.5 Å². The molecule has 2 fully saturated rings. The average molecular weight is 182 g/mol. The standard InChI is InChI=1S/C10H18N2O/c1-2-10(3-1)12-11-8-9-4-6-13-7-5-9/h9,11H,1-8H2. The molecule has 1 saturated carbocycles. The van der Waals surface area contributed by atoms with Gasteiger partial charge in [0, 0.05) is 25.5 Å². The van der Waals surface area contributed by atoms with Crippen LogP contribution >= 0.6 is 0 Å². The lowest BCUT2D eigenvalue weighted by Crippen LogP contribution is -2.26. The summed E-state index contributed by atoms with van der Waals surface area (Å²) in [6, 6.07) is 0. The van der Waals surface area contributed by atoms with E-state index in [1.54, 1.807) is 0 Å². The molecule has 2 rings (SSSR count). The highest BCUT2D eigenvalue weighted by molar-refractivity contribution is 5.88. The fourth-order valence-electron chi connectivity index (χ4n) is 1.68. The molecular formula is C10H18N2O. The molecule has 2 aliphatic rings. The molecule has 0 spiro atoms. The minimum absolute atomic E-state index is 0.776. The molecule has 0 aromatic carbocycles. The SMILES string of the molecule is C1CC(=NNCC2CCOCC2)C1. The number of hydrogen-bond acceptors (Lipinski definition) is 3. The predicted molar refractivity (Wildman–Crippen MR) is 52.8 cm³/mol. The van der Waals surface area contributed by atoms with Gasteiger partial charge in [-0.25, -0.2) is 0 Å². The molecule has 0 bridgehead atoms. The van der Waals surface area contributed by atoms with E-state index in [1.807, 2.05) is 0 Å². The minimum Gasteiger partial charge on any atom is -0.381 e. The van der Waals surface area contributed by atoms with Crippen LogP contribution in [0.2, 0.25) is 0 Å². The quantitative estimate of drug-likeness (QED) is 0.672. The third-order valence-electron chi connectivity index (χ3n) is 2.89. The van der Waals surface area contributed by atoms with Gasteiger partial charge in [0.15, 0.2) is 0 Å². The summed E-state index contributed by atoms with van der Waals surface area (Å²) in [4.78, 5) is 0. The van der Waals surface area contributed by atoms with Gasteiger partial charge in [-0.2, -0.15) is 5.10 Å². The highest BCUT2D eigenvalue weighted by Crippen LogP contribution is 2.15. The highest BCUT2D eigenvalue weighted by Gasteiger charge is 2.13. The summed E-state index contributed by atoms with van der Waals surface area (Å²) in [5.41, 5.74) is 4.54. The summed E-state index contributed by atoms with van der Waals surface area (Å²) in [5.74, 6) is 0.776. The molecule has 0 aromatic rings. The summed E-state index contributed by atoms with van der Waals surface area (Å²) < 4.78 is 5.30. The van der Waals surface area contributed by atoms with Crippen LogP contribution in [0.15, 0.2) is 5.10 Å². The van der Waals surface area contributed by atoms with E-state index in [1.165, 1.54) is 37.8 Å². The Morgan fingerprint density at radius 2 is 2.08 bits per heavy atom. The maximum Gasteiger partial charge on any atom is 0.0469 e. The Balaban J connectivity index is 1.60. The molecule has 1 N–H and O–H groups in total. The molecule has 0 atom stereocenters. The van der Waals surface area contributed by atoms with Crippen molar-refractivity contribution in [2.24, 2.45) is 11.0 Å². The van der Waals surface area contributed by atoms with Crippen LogP contribution in [0.1, 0.15) is 32.1 Å². The molecule has 0 aromatic heterocycles. The Kier molecular flexibility index (Phi) is 3.19. The zero-order valence-corrected chi connectivity index (χ0v) is 8.09. The van der Waals surface area contributed by atoms with Gasteiger partial charge < -0.3 is 10.2 Å². The molecule has 0 radical (unpaired) electrons. The molecular weight excluding hydrogens is 164 g/mol. The topological polar surface area (TPSA) is 33.6 Å².